The number of rotatable bonds is 7. The van der Waals surface area contributed by atoms with E-state index in [9.17, 15) is 0 Å². The van der Waals surface area contributed by atoms with E-state index in [0.717, 1.165) is 31.9 Å². The van der Waals surface area contributed by atoms with E-state index in [1.807, 2.05) is 12.1 Å². The fourth-order valence-corrected chi connectivity index (χ4v) is 1.26. The lowest BCUT2D eigenvalue weighted by atomic mass is 10.2. The second kappa shape index (κ2) is 7.26. The molecule has 3 heteroatoms. The molecular weight excluding hydrogens is 188 g/mol. The zero-order valence-corrected chi connectivity index (χ0v) is 9.33. The molecule has 1 rings (SSSR count). The van der Waals surface area contributed by atoms with E-state index in [1.165, 1.54) is 5.56 Å². The lowest BCUT2D eigenvalue weighted by molar-refractivity contribution is 0.317. The molecule has 0 bridgehead atoms. The number of hydrogen-bond acceptors (Lipinski definition) is 3. The highest BCUT2D eigenvalue weighted by Gasteiger charge is 1.94. The van der Waals surface area contributed by atoms with Crippen LogP contribution in [-0.2, 0) is 6.54 Å². The van der Waals surface area contributed by atoms with Crippen LogP contribution in [0.1, 0.15) is 18.9 Å². The van der Waals surface area contributed by atoms with Gasteiger partial charge in [-0.25, -0.2) is 0 Å². The van der Waals surface area contributed by atoms with Gasteiger partial charge in [-0.2, -0.15) is 0 Å². The van der Waals surface area contributed by atoms with Crippen LogP contribution in [0.25, 0.3) is 0 Å². The second-order valence-electron chi connectivity index (χ2n) is 3.46. The standard InChI is InChI=1S/C12H20N2O/c1-2-9-15-12-5-3-11(4-6-12)10-14-8-7-13/h3-6,14H,2,7-10,13H2,1H3. The molecule has 3 nitrogen and oxygen atoms in total. The van der Waals surface area contributed by atoms with Gasteiger partial charge in [-0.1, -0.05) is 19.1 Å². The van der Waals surface area contributed by atoms with Crippen molar-refractivity contribution < 1.29 is 4.74 Å². The molecule has 0 aliphatic rings. The molecule has 0 atom stereocenters. The topological polar surface area (TPSA) is 47.3 Å². The number of hydrogen-bond donors (Lipinski definition) is 2. The Labute approximate surface area is 91.6 Å². The monoisotopic (exact) mass is 208 g/mol. The Kier molecular flexibility index (Phi) is 5.81. The highest BCUT2D eigenvalue weighted by atomic mass is 16.5. The first-order valence-corrected chi connectivity index (χ1v) is 5.49. The summed E-state index contributed by atoms with van der Waals surface area (Å²) in [7, 11) is 0. The van der Waals surface area contributed by atoms with Gasteiger partial charge >= 0.3 is 0 Å². The maximum atomic E-state index is 5.50. The summed E-state index contributed by atoms with van der Waals surface area (Å²) in [6.45, 7) is 5.28. The van der Waals surface area contributed by atoms with E-state index in [2.05, 4.69) is 24.4 Å². The molecule has 0 aliphatic heterocycles. The predicted octanol–water partition coefficient (Wildman–Crippen LogP) is 1.52. The molecule has 0 radical (unpaired) electrons. The summed E-state index contributed by atoms with van der Waals surface area (Å²) >= 11 is 0. The van der Waals surface area contributed by atoms with E-state index < -0.39 is 0 Å². The van der Waals surface area contributed by atoms with Crippen molar-refractivity contribution in [3.63, 3.8) is 0 Å². The van der Waals surface area contributed by atoms with Gasteiger partial charge in [0, 0.05) is 19.6 Å². The Morgan fingerprint density at radius 2 is 2.00 bits per heavy atom. The summed E-state index contributed by atoms with van der Waals surface area (Å²) in [6, 6.07) is 8.17. The Morgan fingerprint density at radius 3 is 2.60 bits per heavy atom. The Balaban J connectivity index is 2.35. The summed E-state index contributed by atoms with van der Waals surface area (Å²) in [4.78, 5) is 0. The van der Waals surface area contributed by atoms with Crippen molar-refractivity contribution in [3.05, 3.63) is 29.8 Å². The van der Waals surface area contributed by atoms with Gasteiger partial charge in [0.25, 0.3) is 0 Å². The molecule has 84 valence electrons. The van der Waals surface area contributed by atoms with E-state index in [1.54, 1.807) is 0 Å². The molecule has 0 amide bonds. The smallest absolute Gasteiger partial charge is 0.119 e. The third-order valence-corrected chi connectivity index (χ3v) is 2.05. The third kappa shape index (κ3) is 4.81. The van der Waals surface area contributed by atoms with Crippen LogP contribution < -0.4 is 15.8 Å². The molecule has 1 aromatic carbocycles. The third-order valence-electron chi connectivity index (χ3n) is 2.05. The molecule has 0 heterocycles. The van der Waals surface area contributed by atoms with Crippen LogP contribution in [0.2, 0.25) is 0 Å². The summed E-state index contributed by atoms with van der Waals surface area (Å²) in [6.07, 6.45) is 1.04. The normalized spacial score (nSPS) is 10.3. The van der Waals surface area contributed by atoms with Crippen molar-refractivity contribution in [2.75, 3.05) is 19.7 Å². The van der Waals surface area contributed by atoms with Crippen LogP contribution in [0.5, 0.6) is 5.75 Å². The lowest BCUT2D eigenvalue weighted by Gasteiger charge is -2.06. The zero-order chi connectivity index (χ0) is 10.9. The number of nitrogens with one attached hydrogen (secondary N) is 1. The van der Waals surface area contributed by atoms with Gasteiger partial charge in [0.2, 0.25) is 0 Å². The van der Waals surface area contributed by atoms with Crippen LogP contribution >= 0.6 is 0 Å². The molecule has 0 aromatic heterocycles. The fourth-order valence-electron chi connectivity index (χ4n) is 1.26. The molecule has 15 heavy (non-hydrogen) atoms. The lowest BCUT2D eigenvalue weighted by Crippen LogP contribution is -2.21. The molecule has 0 saturated carbocycles. The van der Waals surface area contributed by atoms with Crippen LogP contribution in [0.3, 0.4) is 0 Å². The zero-order valence-electron chi connectivity index (χ0n) is 9.33. The first-order chi connectivity index (χ1) is 7.36. The van der Waals surface area contributed by atoms with Gasteiger partial charge in [-0.3, -0.25) is 0 Å². The first-order valence-electron chi connectivity index (χ1n) is 5.49. The van der Waals surface area contributed by atoms with E-state index in [0.29, 0.717) is 6.54 Å². The number of benzene rings is 1. The van der Waals surface area contributed by atoms with Gasteiger partial charge in [0.05, 0.1) is 6.61 Å². The minimum Gasteiger partial charge on any atom is -0.494 e. The summed E-state index contributed by atoms with van der Waals surface area (Å²) in [5.74, 6) is 0.944. The SMILES string of the molecule is CCCOc1ccc(CNCCN)cc1. The molecule has 0 aliphatic carbocycles. The molecule has 0 saturated heterocycles. The summed E-state index contributed by atoms with van der Waals surface area (Å²) in [5, 5.41) is 3.25. The highest BCUT2D eigenvalue weighted by Crippen LogP contribution is 2.12. The van der Waals surface area contributed by atoms with Gasteiger partial charge in [0.1, 0.15) is 5.75 Å². The Hall–Kier alpha value is -1.06. The average molecular weight is 208 g/mol. The molecule has 0 spiro atoms. The maximum Gasteiger partial charge on any atom is 0.119 e. The summed E-state index contributed by atoms with van der Waals surface area (Å²) in [5.41, 5.74) is 6.65. The van der Waals surface area contributed by atoms with Crippen molar-refractivity contribution in [2.24, 2.45) is 5.73 Å². The molecule has 0 unspecified atom stereocenters. The van der Waals surface area contributed by atoms with Crippen LogP contribution in [0.4, 0.5) is 0 Å². The highest BCUT2D eigenvalue weighted by molar-refractivity contribution is 5.27. The van der Waals surface area contributed by atoms with Crippen LogP contribution in [0, 0.1) is 0 Å². The van der Waals surface area contributed by atoms with E-state index in [-0.39, 0.29) is 0 Å². The maximum absolute atomic E-state index is 5.50. The largest absolute Gasteiger partial charge is 0.494 e. The van der Waals surface area contributed by atoms with Gasteiger partial charge in [-0.15, -0.1) is 0 Å². The predicted molar refractivity (Wildman–Crippen MR) is 63.0 cm³/mol. The van der Waals surface area contributed by atoms with Crippen LogP contribution in [-0.4, -0.2) is 19.7 Å². The van der Waals surface area contributed by atoms with Gasteiger partial charge < -0.3 is 15.8 Å². The van der Waals surface area contributed by atoms with Gasteiger partial charge in [0.15, 0.2) is 0 Å². The molecule has 1 aromatic rings. The van der Waals surface area contributed by atoms with Crippen molar-refractivity contribution in [3.8, 4) is 5.75 Å². The Bertz CT molecular complexity index is 259. The van der Waals surface area contributed by atoms with Gasteiger partial charge in [-0.05, 0) is 24.1 Å². The van der Waals surface area contributed by atoms with Crippen molar-refractivity contribution in [1.82, 2.24) is 5.32 Å². The van der Waals surface area contributed by atoms with Crippen LogP contribution in [0.15, 0.2) is 24.3 Å². The first kappa shape index (κ1) is 12.0. The minimum absolute atomic E-state index is 0.678. The van der Waals surface area contributed by atoms with Crippen molar-refractivity contribution in [1.29, 1.82) is 0 Å². The van der Waals surface area contributed by atoms with Crippen molar-refractivity contribution >= 4 is 0 Å². The second-order valence-corrected chi connectivity index (χ2v) is 3.46. The van der Waals surface area contributed by atoms with E-state index >= 15 is 0 Å². The van der Waals surface area contributed by atoms with Crippen molar-refractivity contribution in [2.45, 2.75) is 19.9 Å². The minimum atomic E-state index is 0.678. The number of ether oxygens (including phenoxy) is 1. The fraction of sp³-hybridized carbons (Fsp3) is 0.500. The quantitative estimate of drug-likeness (QED) is 0.668. The van der Waals surface area contributed by atoms with E-state index in [4.69, 9.17) is 10.5 Å². The Morgan fingerprint density at radius 1 is 1.27 bits per heavy atom. The molecule has 3 N–H and O–H groups in total. The average Bonchev–Trinajstić information content (AvgIpc) is 2.28. The molecule has 0 fully saturated rings. The number of nitrogens with two attached hydrogens (primary N) is 1. The molecular formula is C12H20N2O. The summed E-state index contributed by atoms with van der Waals surface area (Å²) < 4.78 is 5.50.